The first-order valence-corrected chi connectivity index (χ1v) is 7.49. The van der Waals surface area contributed by atoms with Gasteiger partial charge < -0.3 is 19.5 Å². The molecule has 1 saturated heterocycles. The van der Waals surface area contributed by atoms with Crippen LogP contribution in [0, 0.1) is 0 Å². The Morgan fingerprint density at radius 3 is 1.91 bits per heavy atom. The van der Waals surface area contributed by atoms with E-state index in [2.05, 4.69) is 17.1 Å². The molecule has 23 heavy (non-hydrogen) atoms. The molecule has 1 aliphatic heterocycles. The fraction of sp³-hybridized carbons (Fsp3) is 0.625. The Balaban J connectivity index is 0.00000242. The Hall–Kier alpha value is -0.880. The number of hydrogen-bond donors (Lipinski definition) is 1. The van der Waals surface area contributed by atoms with Gasteiger partial charge in [0.2, 0.25) is 0 Å². The molecule has 1 aliphatic rings. The molecule has 1 fully saturated rings. The molecule has 5 nitrogen and oxygen atoms in total. The lowest BCUT2D eigenvalue weighted by atomic mass is 9.99. The van der Waals surface area contributed by atoms with Crippen molar-refractivity contribution in [3.63, 3.8) is 0 Å². The molecule has 7 heteroatoms. The molecule has 0 spiro atoms. The summed E-state index contributed by atoms with van der Waals surface area (Å²) in [5, 5.41) is 3.40. The van der Waals surface area contributed by atoms with E-state index in [1.54, 1.807) is 21.3 Å². The van der Waals surface area contributed by atoms with Crippen molar-refractivity contribution in [3.8, 4) is 17.2 Å². The highest BCUT2D eigenvalue weighted by Gasteiger charge is 2.27. The highest BCUT2D eigenvalue weighted by Crippen LogP contribution is 2.41. The third-order valence-electron chi connectivity index (χ3n) is 4.07. The van der Waals surface area contributed by atoms with Gasteiger partial charge in [0.25, 0.3) is 0 Å². The van der Waals surface area contributed by atoms with E-state index >= 15 is 0 Å². The highest BCUT2D eigenvalue weighted by atomic mass is 35.5. The quantitative estimate of drug-likeness (QED) is 0.838. The molecular formula is C16H28Cl2N2O3. The van der Waals surface area contributed by atoms with Crippen molar-refractivity contribution in [1.82, 2.24) is 10.2 Å². The van der Waals surface area contributed by atoms with Crippen molar-refractivity contribution in [2.75, 3.05) is 47.5 Å². The molecule has 0 amide bonds. The molecular weight excluding hydrogens is 339 g/mol. The van der Waals surface area contributed by atoms with Crippen molar-refractivity contribution in [2.45, 2.75) is 19.4 Å². The lowest BCUT2D eigenvalue weighted by Gasteiger charge is -2.36. The minimum atomic E-state index is 0. The number of rotatable bonds is 6. The van der Waals surface area contributed by atoms with Crippen LogP contribution in [0.15, 0.2) is 12.1 Å². The molecule has 0 saturated carbocycles. The van der Waals surface area contributed by atoms with Crippen molar-refractivity contribution in [1.29, 1.82) is 0 Å². The lowest BCUT2D eigenvalue weighted by Crippen LogP contribution is -2.45. The van der Waals surface area contributed by atoms with E-state index in [-0.39, 0.29) is 24.8 Å². The predicted molar refractivity (Wildman–Crippen MR) is 98.1 cm³/mol. The molecule has 1 heterocycles. The highest BCUT2D eigenvalue weighted by molar-refractivity contribution is 5.85. The summed E-state index contributed by atoms with van der Waals surface area (Å²) in [7, 11) is 5.05. The Kier molecular flexibility index (Phi) is 10.4. The van der Waals surface area contributed by atoms with Crippen LogP contribution < -0.4 is 19.5 Å². The number of ether oxygens (including phenoxy) is 3. The number of nitrogens with zero attached hydrogens (tertiary/aromatic N) is 1. The fourth-order valence-corrected chi connectivity index (χ4v) is 3.00. The maximum atomic E-state index is 5.60. The average Bonchev–Trinajstić information content (AvgIpc) is 2.56. The van der Waals surface area contributed by atoms with Gasteiger partial charge in [-0.2, -0.15) is 0 Å². The number of methoxy groups -OCH3 is 3. The molecule has 0 unspecified atom stereocenters. The molecule has 1 atom stereocenters. The largest absolute Gasteiger partial charge is 0.496 e. The van der Waals surface area contributed by atoms with E-state index in [4.69, 9.17) is 14.2 Å². The maximum absolute atomic E-state index is 5.60. The van der Waals surface area contributed by atoms with Crippen LogP contribution in [0.5, 0.6) is 17.2 Å². The van der Waals surface area contributed by atoms with Crippen molar-refractivity contribution >= 4 is 24.8 Å². The summed E-state index contributed by atoms with van der Waals surface area (Å²) >= 11 is 0. The second-order valence-corrected chi connectivity index (χ2v) is 5.16. The van der Waals surface area contributed by atoms with E-state index in [9.17, 15) is 0 Å². The lowest BCUT2D eigenvalue weighted by molar-refractivity contribution is 0.163. The van der Waals surface area contributed by atoms with E-state index in [1.165, 1.54) is 0 Å². The van der Waals surface area contributed by atoms with Crippen LogP contribution in [0.2, 0.25) is 0 Å². The van der Waals surface area contributed by atoms with Gasteiger partial charge in [0.1, 0.15) is 17.2 Å². The van der Waals surface area contributed by atoms with Gasteiger partial charge in [0, 0.05) is 44.4 Å². The molecule has 1 aromatic carbocycles. The first kappa shape index (κ1) is 22.1. The number of nitrogens with one attached hydrogen (secondary N) is 1. The molecule has 1 aromatic rings. The molecule has 0 bridgehead atoms. The first-order valence-electron chi connectivity index (χ1n) is 7.49. The molecule has 0 radical (unpaired) electrons. The monoisotopic (exact) mass is 366 g/mol. The molecule has 2 rings (SSSR count). The Bertz CT molecular complexity index is 444. The summed E-state index contributed by atoms with van der Waals surface area (Å²) in [6.07, 6.45) is 1.01. The summed E-state index contributed by atoms with van der Waals surface area (Å²) in [5.74, 6) is 2.41. The molecule has 134 valence electrons. The van der Waals surface area contributed by atoms with Gasteiger partial charge in [-0.15, -0.1) is 24.8 Å². The first-order chi connectivity index (χ1) is 10.2. The molecule has 0 aliphatic carbocycles. The van der Waals surface area contributed by atoms with E-state index in [0.717, 1.165) is 55.4 Å². The van der Waals surface area contributed by atoms with Crippen molar-refractivity contribution < 1.29 is 14.2 Å². The van der Waals surface area contributed by atoms with Crippen LogP contribution in [-0.4, -0.2) is 52.4 Å². The van der Waals surface area contributed by atoms with Crippen LogP contribution in [0.1, 0.15) is 24.9 Å². The summed E-state index contributed by atoms with van der Waals surface area (Å²) < 4.78 is 16.5. The number of halogens is 2. The second kappa shape index (κ2) is 10.8. The minimum absolute atomic E-state index is 0. The van der Waals surface area contributed by atoms with Crippen LogP contribution in [0.25, 0.3) is 0 Å². The predicted octanol–water partition coefficient (Wildman–Crippen LogP) is 2.91. The number of piperazine rings is 1. The van der Waals surface area contributed by atoms with Gasteiger partial charge in [-0.05, 0) is 6.42 Å². The van der Waals surface area contributed by atoms with E-state index in [0.29, 0.717) is 6.04 Å². The smallest absolute Gasteiger partial charge is 0.131 e. The van der Waals surface area contributed by atoms with E-state index < -0.39 is 0 Å². The van der Waals surface area contributed by atoms with Crippen LogP contribution in [-0.2, 0) is 0 Å². The normalized spacial score (nSPS) is 15.8. The van der Waals surface area contributed by atoms with Gasteiger partial charge in [-0.3, -0.25) is 4.90 Å². The summed E-state index contributed by atoms with van der Waals surface area (Å²) in [5.41, 5.74) is 1.12. The number of benzene rings is 1. The van der Waals surface area contributed by atoms with Gasteiger partial charge in [-0.1, -0.05) is 6.92 Å². The molecule has 0 aromatic heterocycles. The second-order valence-electron chi connectivity index (χ2n) is 5.16. The molecule has 1 N–H and O–H groups in total. The standard InChI is InChI=1S/C16H26N2O3.2ClH/c1-5-13(18-8-6-17-7-9-18)16-14(20-3)10-12(19-2)11-15(16)21-4;;/h10-11,13,17H,5-9H2,1-4H3;2*1H/t13-;;/m1../s1. The zero-order valence-electron chi connectivity index (χ0n) is 14.3. The topological polar surface area (TPSA) is 43.0 Å². The van der Waals surface area contributed by atoms with Gasteiger partial charge in [-0.25, -0.2) is 0 Å². The SMILES string of the molecule is CC[C@H](c1c(OC)cc(OC)cc1OC)N1CCNCC1.Cl.Cl. The third kappa shape index (κ3) is 5.05. The maximum Gasteiger partial charge on any atom is 0.131 e. The summed E-state index contributed by atoms with van der Waals surface area (Å²) in [6.45, 7) is 6.33. The van der Waals surface area contributed by atoms with Crippen LogP contribution in [0.3, 0.4) is 0 Å². The summed E-state index contributed by atoms with van der Waals surface area (Å²) in [6, 6.07) is 4.16. The third-order valence-corrected chi connectivity index (χ3v) is 4.07. The Morgan fingerprint density at radius 1 is 1.00 bits per heavy atom. The van der Waals surface area contributed by atoms with Gasteiger partial charge >= 0.3 is 0 Å². The number of hydrogen-bond acceptors (Lipinski definition) is 5. The zero-order valence-corrected chi connectivity index (χ0v) is 15.9. The Morgan fingerprint density at radius 2 is 1.52 bits per heavy atom. The summed E-state index contributed by atoms with van der Waals surface area (Å²) in [4.78, 5) is 2.49. The average molecular weight is 367 g/mol. The van der Waals surface area contributed by atoms with Crippen LogP contribution >= 0.6 is 24.8 Å². The Labute approximate surface area is 151 Å². The van der Waals surface area contributed by atoms with Crippen molar-refractivity contribution in [3.05, 3.63) is 17.7 Å². The van der Waals surface area contributed by atoms with Crippen LogP contribution in [0.4, 0.5) is 0 Å². The van der Waals surface area contributed by atoms with Crippen molar-refractivity contribution in [2.24, 2.45) is 0 Å². The minimum Gasteiger partial charge on any atom is -0.496 e. The van der Waals surface area contributed by atoms with Gasteiger partial charge in [0.05, 0.1) is 26.9 Å². The van der Waals surface area contributed by atoms with Gasteiger partial charge in [0.15, 0.2) is 0 Å². The zero-order chi connectivity index (χ0) is 15.2. The fourth-order valence-electron chi connectivity index (χ4n) is 3.00. The van der Waals surface area contributed by atoms with E-state index in [1.807, 2.05) is 12.1 Å².